The van der Waals surface area contributed by atoms with Crippen molar-refractivity contribution in [3.05, 3.63) is 0 Å². The van der Waals surface area contributed by atoms with Crippen molar-refractivity contribution < 1.29 is 0 Å². The molecule has 24 heavy (non-hydrogen) atoms. The molecule has 5 heteroatoms. The van der Waals surface area contributed by atoms with Crippen molar-refractivity contribution in [2.75, 3.05) is 39.8 Å². The molecule has 1 unspecified atom stereocenters. The molecule has 0 amide bonds. The molecule has 2 aliphatic heterocycles. The molecule has 0 radical (unpaired) electrons. The number of nitrogens with one attached hydrogen (secondary N) is 2. The number of guanidine groups is 1. The molecule has 0 saturated carbocycles. The highest BCUT2D eigenvalue weighted by Gasteiger charge is 2.23. The van der Waals surface area contributed by atoms with Crippen molar-refractivity contribution in [3.63, 3.8) is 0 Å². The lowest BCUT2D eigenvalue weighted by molar-refractivity contribution is 0.147. The normalized spacial score (nSPS) is 24.3. The SMILES string of the molecule is CN=C(NCC(C)N1CCC(C)CC1)NC1CCN(C(C)C)CC1. The van der Waals surface area contributed by atoms with E-state index in [0.29, 0.717) is 18.1 Å². The van der Waals surface area contributed by atoms with Gasteiger partial charge in [-0.05, 0) is 65.5 Å². The summed E-state index contributed by atoms with van der Waals surface area (Å²) in [6.07, 6.45) is 5.09. The second-order valence-corrected chi connectivity index (χ2v) is 8.07. The summed E-state index contributed by atoms with van der Waals surface area (Å²) in [6.45, 7) is 15.1. The fraction of sp³-hybridized carbons (Fsp3) is 0.947. The second kappa shape index (κ2) is 9.62. The molecular formula is C19H39N5. The van der Waals surface area contributed by atoms with Gasteiger partial charge in [0.2, 0.25) is 0 Å². The molecule has 0 aromatic carbocycles. The van der Waals surface area contributed by atoms with Gasteiger partial charge in [-0.25, -0.2) is 0 Å². The first-order valence-corrected chi connectivity index (χ1v) is 9.95. The smallest absolute Gasteiger partial charge is 0.191 e. The maximum Gasteiger partial charge on any atom is 0.191 e. The molecule has 2 heterocycles. The Hall–Kier alpha value is -0.810. The molecule has 140 valence electrons. The standard InChI is InChI=1S/C19H39N5/c1-15(2)23-12-8-18(9-13-23)22-19(20-5)21-14-17(4)24-10-6-16(3)7-11-24/h15-18H,6-14H2,1-5H3,(H2,20,21,22). The average molecular weight is 338 g/mol. The van der Waals surface area contributed by atoms with Crippen LogP contribution in [0, 0.1) is 5.92 Å². The maximum atomic E-state index is 4.43. The van der Waals surface area contributed by atoms with E-state index in [-0.39, 0.29) is 0 Å². The van der Waals surface area contributed by atoms with Crippen LogP contribution in [0.25, 0.3) is 0 Å². The molecule has 2 saturated heterocycles. The van der Waals surface area contributed by atoms with Gasteiger partial charge in [-0.1, -0.05) is 6.92 Å². The van der Waals surface area contributed by atoms with E-state index in [1.54, 1.807) is 0 Å². The topological polar surface area (TPSA) is 42.9 Å². The van der Waals surface area contributed by atoms with E-state index >= 15 is 0 Å². The summed E-state index contributed by atoms with van der Waals surface area (Å²) >= 11 is 0. The highest BCUT2D eigenvalue weighted by molar-refractivity contribution is 5.80. The Morgan fingerprint density at radius 3 is 2.12 bits per heavy atom. The Bertz CT molecular complexity index is 379. The Kier molecular flexibility index (Phi) is 7.82. The lowest BCUT2D eigenvalue weighted by Crippen LogP contribution is -2.52. The molecule has 0 bridgehead atoms. The first-order chi connectivity index (χ1) is 11.5. The molecule has 2 rings (SSSR count). The predicted octanol–water partition coefficient (Wildman–Crippen LogP) is 2.14. The fourth-order valence-corrected chi connectivity index (χ4v) is 3.79. The zero-order valence-electron chi connectivity index (χ0n) is 16.5. The molecule has 0 aliphatic carbocycles. The Morgan fingerprint density at radius 2 is 1.58 bits per heavy atom. The highest BCUT2D eigenvalue weighted by Crippen LogP contribution is 2.17. The number of hydrogen-bond donors (Lipinski definition) is 2. The molecule has 1 atom stereocenters. The zero-order valence-corrected chi connectivity index (χ0v) is 16.5. The van der Waals surface area contributed by atoms with Gasteiger partial charge < -0.3 is 15.5 Å². The van der Waals surface area contributed by atoms with Crippen LogP contribution in [0.5, 0.6) is 0 Å². The van der Waals surface area contributed by atoms with Crippen LogP contribution < -0.4 is 10.6 Å². The van der Waals surface area contributed by atoms with Gasteiger partial charge in [-0.3, -0.25) is 9.89 Å². The molecule has 2 aliphatic rings. The van der Waals surface area contributed by atoms with Crippen LogP contribution in [0.1, 0.15) is 53.4 Å². The van der Waals surface area contributed by atoms with Gasteiger partial charge in [0.05, 0.1) is 0 Å². The van der Waals surface area contributed by atoms with Gasteiger partial charge in [-0.15, -0.1) is 0 Å². The summed E-state index contributed by atoms with van der Waals surface area (Å²) in [7, 11) is 1.88. The van der Waals surface area contributed by atoms with Crippen molar-refractivity contribution in [1.82, 2.24) is 20.4 Å². The van der Waals surface area contributed by atoms with E-state index in [1.165, 1.54) is 51.9 Å². The van der Waals surface area contributed by atoms with Crippen molar-refractivity contribution in [3.8, 4) is 0 Å². The first-order valence-electron chi connectivity index (χ1n) is 9.95. The largest absolute Gasteiger partial charge is 0.355 e. The summed E-state index contributed by atoms with van der Waals surface area (Å²) < 4.78 is 0. The molecule has 0 aromatic rings. The quantitative estimate of drug-likeness (QED) is 0.596. The predicted molar refractivity (Wildman–Crippen MR) is 104 cm³/mol. The molecule has 2 fully saturated rings. The van der Waals surface area contributed by atoms with Crippen LogP contribution in [0.3, 0.4) is 0 Å². The average Bonchev–Trinajstić information content (AvgIpc) is 2.59. The van der Waals surface area contributed by atoms with Gasteiger partial charge in [0, 0.05) is 44.8 Å². The molecule has 2 N–H and O–H groups in total. The fourth-order valence-electron chi connectivity index (χ4n) is 3.79. The monoisotopic (exact) mass is 337 g/mol. The zero-order chi connectivity index (χ0) is 17.5. The van der Waals surface area contributed by atoms with Crippen LogP contribution in [0.15, 0.2) is 4.99 Å². The number of rotatable bonds is 5. The number of likely N-dealkylation sites (tertiary alicyclic amines) is 2. The number of piperidine rings is 2. The minimum atomic E-state index is 0.553. The van der Waals surface area contributed by atoms with E-state index in [9.17, 15) is 0 Å². The van der Waals surface area contributed by atoms with E-state index in [4.69, 9.17) is 0 Å². The number of aliphatic imine (C=N–C) groups is 1. The molecule has 5 nitrogen and oxygen atoms in total. The van der Waals surface area contributed by atoms with Gasteiger partial charge in [0.25, 0.3) is 0 Å². The lowest BCUT2D eigenvalue weighted by atomic mass is 9.98. The summed E-state index contributed by atoms with van der Waals surface area (Å²) in [5.74, 6) is 1.86. The van der Waals surface area contributed by atoms with Crippen molar-refractivity contribution >= 4 is 5.96 Å². The van der Waals surface area contributed by atoms with Gasteiger partial charge in [-0.2, -0.15) is 0 Å². The van der Waals surface area contributed by atoms with Gasteiger partial charge in [0.1, 0.15) is 0 Å². The number of hydrogen-bond acceptors (Lipinski definition) is 3. The molecular weight excluding hydrogens is 298 g/mol. The van der Waals surface area contributed by atoms with Gasteiger partial charge >= 0.3 is 0 Å². The Balaban J connectivity index is 1.69. The number of nitrogens with zero attached hydrogens (tertiary/aromatic N) is 3. The molecule has 0 aromatic heterocycles. The van der Waals surface area contributed by atoms with Crippen molar-refractivity contribution in [1.29, 1.82) is 0 Å². The minimum absolute atomic E-state index is 0.553. The third-order valence-electron chi connectivity index (χ3n) is 5.83. The molecule has 0 spiro atoms. The van der Waals surface area contributed by atoms with Crippen LogP contribution in [-0.4, -0.2) is 73.7 Å². The maximum absolute atomic E-state index is 4.43. The van der Waals surface area contributed by atoms with Crippen molar-refractivity contribution in [2.45, 2.75) is 71.5 Å². The minimum Gasteiger partial charge on any atom is -0.355 e. The van der Waals surface area contributed by atoms with Gasteiger partial charge in [0.15, 0.2) is 5.96 Å². The van der Waals surface area contributed by atoms with Crippen LogP contribution in [0.4, 0.5) is 0 Å². The summed E-state index contributed by atoms with van der Waals surface area (Å²) in [4.78, 5) is 9.60. The van der Waals surface area contributed by atoms with Crippen LogP contribution >= 0.6 is 0 Å². The third kappa shape index (κ3) is 5.92. The first kappa shape index (κ1) is 19.5. The highest BCUT2D eigenvalue weighted by atomic mass is 15.2. The summed E-state index contributed by atoms with van der Waals surface area (Å²) in [5.41, 5.74) is 0. The Labute approximate surface area is 149 Å². The van der Waals surface area contributed by atoms with E-state index in [1.807, 2.05) is 7.05 Å². The van der Waals surface area contributed by atoms with E-state index < -0.39 is 0 Å². The van der Waals surface area contributed by atoms with Crippen LogP contribution in [0.2, 0.25) is 0 Å². The van der Waals surface area contributed by atoms with E-state index in [2.05, 4.69) is 53.1 Å². The van der Waals surface area contributed by atoms with Crippen molar-refractivity contribution in [2.24, 2.45) is 10.9 Å². The van der Waals surface area contributed by atoms with E-state index in [0.717, 1.165) is 18.4 Å². The Morgan fingerprint density at radius 1 is 1.00 bits per heavy atom. The van der Waals surface area contributed by atoms with Crippen LogP contribution in [-0.2, 0) is 0 Å². The summed E-state index contributed by atoms with van der Waals surface area (Å²) in [5, 5.41) is 7.17. The summed E-state index contributed by atoms with van der Waals surface area (Å²) in [6, 6.07) is 1.78. The second-order valence-electron chi connectivity index (χ2n) is 8.07. The lowest BCUT2D eigenvalue weighted by Gasteiger charge is -2.36. The third-order valence-corrected chi connectivity index (χ3v) is 5.83.